The highest BCUT2D eigenvalue weighted by Crippen LogP contribution is 2.15. The van der Waals surface area contributed by atoms with Gasteiger partial charge in [0, 0.05) is 18.3 Å². The number of rotatable bonds is 3. The predicted octanol–water partition coefficient (Wildman–Crippen LogP) is 1.58. The number of carbonyl (C=O) groups is 1. The first kappa shape index (κ1) is 10.6. The Morgan fingerprint density at radius 2 is 2.21 bits per heavy atom. The number of nitrogen functional groups attached to an aromatic ring is 1. The van der Waals surface area contributed by atoms with E-state index in [0.29, 0.717) is 5.56 Å². The first-order chi connectivity index (χ1) is 6.69. The zero-order valence-electron chi connectivity index (χ0n) is 8.63. The number of amides is 1. The Kier molecular flexibility index (Phi) is 3.51. The molecule has 0 saturated carbocycles. The van der Waals surface area contributed by atoms with Crippen LogP contribution in [-0.2, 0) is 6.42 Å². The first-order valence-corrected chi connectivity index (χ1v) is 4.79. The van der Waals surface area contributed by atoms with Gasteiger partial charge in [-0.05, 0) is 30.2 Å². The fourth-order valence-electron chi connectivity index (χ4n) is 1.38. The molecule has 1 aromatic rings. The standard InChI is InChI=1S/C11H16N2O/c1-3-4-8-7-9(11(14)13-2)5-6-10(8)12/h5-7H,3-4,12H2,1-2H3,(H,13,14). The molecule has 3 N–H and O–H groups in total. The summed E-state index contributed by atoms with van der Waals surface area (Å²) in [5.41, 5.74) is 8.27. The lowest BCUT2D eigenvalue weighted by atomic mass is 10.0. The second kappa shape index (κ2) is 4.65. The molecule has 1 amide bonds. The number of nitrogens with one attached hydrogen (secondary N) is 1. The highest BCUT2D eigenvalue weighted by molar-refractivity contribution is 5.94. The average molecular weight is 192 g/mol. The Balaban J connectivity index is 2.99. The number of aryl methyl sites for hydroxylation is 1. The SMILES string of the molecule is CCCc1cc(C(=O)NC)ccc1N. The predicted molar refractivity (Wildman–Crippen MR) is 58.2 cm³/mol. The smallest absolute Gasteiger partial charge is 0.251 e. The topological polar surface area (TPSA) is 55.1 Å². The summed E-state index contributed by atoms with van der Waals surface area (Å²) in [5, 5.41) is 2.59. The van der Waals surface area contributed by atoms with Crippen molar-refractivity contribution in [2.24, 2.45) is 0 Å². The Morgan fingerprint density at radius 3 is 2.79 bits per heavy atom. The van der Waals surface area contributed by atoms with Gasteiger partial charge in [-0.1, -0.05) is 13.3 Å². The van der Waals surface area contributed by atoms with Gasteiger partial charge < -0.3 is 11.1 Å². The Morgan fingerprint density at radius 1 is 1.50 bits per heavy atom. The fourth-order valence-corrected chi connectivity index (χ4v) is 1.38. The molecule has 3 nitrogen and oxygen atoms in total. The molecule has 0 aliphatic heterocycles. The molecule has 0 atom stereocenters. The van der Waals surface area contributed by atoms with E-state index in [1.165, 1.54) is 0 Å². The van der Waals surface area contributed by atoms with Gasteiger partial charge >= 0.3 is 0 Å². The maximum absolute atomic E-state index is 11.3. The second-order valence-electron chi connectivity index (χ2n) is 3.24. The summed E-state index contributed by atoms with van der Waals surface area (Å²) in [6.45, 7) is 2.09. The Hall–Kier alpha value is -1.51. The third-order valence-corrected chi connectivity index (χ3v) is 2.15. The summed E-state index contributed by atoms with van der Waals surface area (Å²) in [5.74, 6) is -0.0673. The number of anilines is 1. The molecule has 76 valence electrons. The molecule has 0 fully saturated rings. The number of hydrogen-bond acceptors (Lipinski definition) is 2. The lowest BCUT2D eigenvalue weighted by molar-refractivity contribution is 0.0963. The number of carbonyl (C=O) groups excluding carboxylic acids is 1. The van der Waals surface area contributed by atoms with Gasteiger partial charge in [-0.2, -0.15) is 0 Å². The van der Waals surface area contributed by atoms with Crippen LogP contribution < -0.4 is 11.1 Å². The molecule has 1 rings (SSSR count). The van der Waals surface area contributed by atoms with Crippen molar-refractivity contribution in [3.63, 3.8) is 0 Å². The molecule has 0 bridgehead atoms. The van der Waals surface area contributed by atoms with E-state index in [0.717, 1.165) is 24.1 Å². The molecule has 0 unspecified atom stereocenters. The van der Waals surface area contributed by atoms with Crippen molar-refractivity contribution < 1.29 is 4.79 Å². The van der Waals surface area contributed by atoms with Crippen LogP contribution in [0.2, 0.25) is 0 Å². The van der Waals surface area contributed by atoms with Gasteiger partial charge in [-0.15, -0.1) is 0 Å². The second-order valence-corrected chi connectivity index (χ2v) is 3.24. The van der Waals surface area contributed by atoms with Crippen molar-refractivity contribution in [3.8, 4) is 0 Å². The van der Waals surface area contributed by atoms with E-state index >= 15 is 0 Å². The normalized spacial score (nSPS) is 9.86. The van der Waals surface area contributed by atoms with Gasteiger partial charge in [-0.3, -0.25) is 4.79 Å². The molecule has 0 spiro atoms. The molecular weight excluding hydrogens is 176 g/mol. The zero-order valence-corrected chi connectivity index (χ0v) is 8.63. The van der Waals surface area contributed by atoms with E-state index in [2.05, 4.69) is 12.2 Å². The number of hydrogen-bond donors (Lipinski definition) is 2. The van der Waals surface area contributed by atoms with Crippen LogP contribution in [0.3, 0.4) is 0 Å². The lowest BCUT2D eigenvalue weighted by Gasteiger charge is -2.06. The van der Waals surface area contributed by atoms with Crippen molar-refractivity contribution in [2.75, 3.05) is 12.8 Å². The minimum Gasteiger partial charge on any atom is -0.399 e. The van der Waals surface area contributed by atoms with Gasteiger partial charge in [-0.25, -0.2) is 0 Å². The van der Waals surface area contributed by atoms with Crippen LogP contribution in [-0.4, -0.2) is 13.0 Å². The van der Waals surface area contributed by atoms with Crippen molar-refractivity contribution >= 4 is 11.6 Å². The fraction of sp³-hybridized carbons (Fsp3) is 0.364. The van der Waals surface area contributed by atoms with Crippen LogP contribution in [0, 0.1) is 0 Å². The van der Waals surface area contributed by atoms with Gasteiger partial charge in [0.25, 0.3) is 5.91 Å². The molecular formula is C11H16N2O. The van der Waals surface area contributed by atoms with Crippen molar-refractivity contribution in [1.82, 2.24) is 5.32 Å². The summed E-state index contributed by atoms with van der Waals surface area (Å²) in [6.07, 6.45) is 1.94. The van der Waals surface area contributed by atoms with Gasteiger partial charge in [0.1, 0.15) is 0 Å². The number of nitrogens with two attached hydrogens (primary N) is 1. The maximum Gasteiger partial charge on any atom is 0.251 e. The van der Waals surface area contributed by atoms with E-state index in [4.69, 9.17) is 5.73 Å². The zero-order chi connectivity index (χ0) is 10.6. The molecule has 0 heterocycles. The monoisotopic (exact) mass is 192 g/mol. The van der Waals surface area contributed by atoms with Gasteiger partial charge in [0.15, 0.2) is 0 Å². The van der Waals surface area contributed by atoms with E-state index < -0.39 is 0 Å². The lowest BCUT2D eigenvalue weighted by Crippen LogP contribution is -2.18. The van der Waals surface area contributed by atoms with Crippen LogP contribution in [0.1, 0.15) is 29.3 Å². The molecule has 0 radical (unpaired) electrons. The Labute approximate surface area is 84.3 Å². The van der Waals surface area contributed by atoms with Gasteiger partial charge in [0.05, 0.1) is 0 Å². The van der Waals surface area contributed by atoms with E-state index in [9.17, 15) is 4.79 Å². The first-order valence-electron chi connectivity index (χ1n) is 4.79. The Bertz CT molecular complexity index is 334. The minimum atomic E-state index is -0.0673. The van der Waals surface area contributed by atoms with Crippen molar-refractivity contribution in [2.45, 2.75) is 19.8 Å². The summed E-state index contributed by atoms with van der Waals surface area (Å²) >= 11 is 0. The largest absolute Gasteiger partial charge is 0.399 e. The van der Waals surface area contributed by atoms with Crippen LogP contribution >= 0.6 is 0 Å². The van der Waals surface area contributed by atoms with Crippen LogP contribution in [0.25, 0.3) is 0 Å². The molecule has 1 aromatic carbocycles. The minimum absolute atomic E-state index is 0.0673. The van der Waals surface area contributed by atoms with Crippen LogP contribution in [0.4, 0.5) is 5.69 Å². The molecule has 0 saturated heterocycles. The molecule has 0 aromatic heterocycles. The summed E-state index contributed by atoms with van der Waals surface area (Å²) in [6, 6.07) is 5.39. The maximum atomic E-state index is 11.3. The highest BCUT2D eigenvalue weighted by Gasteiger charge is 2.05. The number of benzene rings is 1. The van der Waals surface area contributed by atoms with Crippen molar-refractivity contribution in [1.29, 1.82) is 0 Å². The highest BCUT2D eigenvalue weighted by atomic mass is 16.1. The summed E-state index contributed by atoms with van der Waals surface area (Å²) in [7, 11) is 1.62. The van der Waals surface area contributed by atoms with Crippen LogP contribution in [0.5, 0.6) is 0 Å². The van der Waals surface area contributed by atoms with E-state index in [-0.39, 0.29) is 5.91 Å². The molecule has 0 aliphatic carbocycles. The molecule has 14 heavy (non-hydrogen) atoms. The molecule has 3 heteroatoms. The van der Waals surface area contributed by atoms with Crippen molar-refractivity contribution in [3.05, 3.63) is 29.3 Å². The third kappa shape index (κ3) is 2.25. The third-order valence-electron chi connectivity index (χ3n) is 2.15. The van der Waals surface area contributed by atoms with Crippen LogP contribution in [0.15, 0.2) is 18.2 Å². The molecule has 0 aliphatic rings. The van der Waals surface area contributed by atoms with Gasteiger partial charge in [0.2, 0.25) is 0 Å². The average Bonchev–Trinajstić information content (AvgIpc) is 2.20. The summed E-state index contributed by atoms with van der Waals surface area (Å²) < 4.78 is 0. The quantitative estimate of drug-likeness (QED) is 0.714. The van der Waals surface area contributed by atoms with E-state index in [1.807, 2.05) is 6.07 Å². The van der Waals surface area contributed by atoms with E-state index in [1.54, 1.807) is 19.2 Å². The summed E-state index contributed by atoms with van der Waals surface area (Å²) in [4.78, 5) is 11.3.